The third kappa shape index (κ3) is 2.42. The van der Waals surface area contributed by atoms with Crippen LogP contribution in [0.25, 0.3) is 10.8 Å². The summed E-state index contributed by atoms with van der Waals surface area (Å²) >= 11 is 0. The molecule has 0 aliphatic carbocycles. The van der Waals surface area contributed by atoms with E-state index in [4.69, 9.17) is 4.52 Å². The average molecular weight is 296 g/mol. The number of nitrogens with one attached hydrogen (secondary N) is 1. The Hall–Kier alpha value is -3.15. The Morgan fingerprint density at radius 1 is 1.14 bits per heavy atom. The van der Waals surface area contributed by atoms with E-state index in [1.807, 2.05) is 24.3 Å². The normalized spacial score (nSPS) is 10.6. The average Bonchev–Trinajstić information content (AvgIpc) is 2.92. The van der Waals surface area contributed by atoms with Gasteiger partial charge in [-0.25, -0.2) is 4.79 Å². The fraction of sp³-hybridized carbons (Fsp3) is 0.0625. The van der Waals surface area contributed by atoms with Crippen molar-refractivity contribution in [3.8, 4) is 0 Å². The highest BCUT2D eigenvalue weighted by Crippen LogP contribution is 2.25. The molecule has 3 aromatic rings. The molecule has 6 heteroatoms. The van der Waals surface area contributed by atoms with Gasteiger partial charge in [-0.15, -0.1) is 0 Å². The molecule has 0 atom stereocenters. The van der Waals surface area contributed by atoms with Gasteiger partial charge in [-0.1, -0.05) is 29.4 Å². The summed E-state index contributed by atoms with van der Waals surface area (Å²) in [6.45, 7) is 1.61. The van der Waals surface area contributed by atoms with Gasteiger partial charge in [0, 0.05) is 0 Å². The Bertz CT molecular complexity index is 883. The highest BCUT2D eigenvalue weighted by Gasteiger charge is 2.17. The Kier molecular flexibility index (Phi) is 3.34. The number of carboxylic acids is 1. The number of amides is 1. The van der Waals surface area contributed by atoms with Crippen LogP contribution in [-0.2, 0) is 0 Å². The monoisotopic (exact) mass is 296 g/mol. The van der Waals surface area contributed by atoms with Crippen LogP contribution in [0.3, 0.4) is 0 Å². The third-order valence-electron chi connectivity index (χ3n) is 3.36. The lowest BCUT2D eigenvalue weighted by Crippen LogP contribution is -2.15. The van der Waals surface area contributed by atoms with Gasteiger partial charge in [-0.3, -0.25) is 4.79 Å². The SMILES string of the molecule is Cc1oncc1C(=O)Nc1cc2ccccc2cc1C(=O)O. The molecule has 0 spiro atoms. The molecule has 0 bridgehead atoms. The van der Waals surface area contributed by atoms with Crippen molar-refractivity contribution >= 4 is 28.3 Å². The first-order valence-corrected chi connectivity index (χ1v) is 6.55. The number of nitrogens with zero attached hydrogens (tertiary/aromatic N) is 1. The molecule has 6 nitrogen and oxygen atoms in total. The molecule has 0 fully saturated rings. The lowest BCUT2D eigenvalue weighted by molar-refractivity contribution is 0.0698. The number of carbonyl (C=O) groups is 2. The quantitative estimate of drug-likeness (QED) is 0.774. The van der Waals surface area contributed by atoms with Crippen molar-refractivity contribution in [2.24, 2.45) is 0 Å². The Labute approximate surface area is 125 Å². The molecule has 2 aromatic carbocycles. The molecule has 110 valence electrons. The fourth-order valence-corrected chi connectivity index (χ4v) is 2.23. The summed E-state index contributed by atoms with van der Waals surface area (Å²) < 4.78 is 4.84. The predicted molar refractivity (Wildman–Crippen MR) is 80.1 cm³/mol. The molecule has 22 heavy (non-hydrogen) atoms. The van der Waals surface area contributed by atoms with Gasteiger partial charge >= 0.3 is 5.97 Å². The standard InChI is InChI=1S/C16H12N2O4/c1-9-13(8-17-22-9)15(19)18-14-7-11-5-3-2-4-10(11)6-12(14)16(20)21/h2-8H,1H3,(H,18,19)(H,20,21). The van der Waals surface area contributed by atoms with Gasteiger partial charge in [0.25, 0.3) is 5.91 Å². The van der Waals surface area contributed by atoms with Crippen LogP contribution < -0.4 is 5.32 Å². The van der Waals surface area contributed by atoms with Crippen LogP contribution in [0.5, 0.6) is 0 Å². The molecule has 0 unspecified atom stereocenters. The highest BCUT2D eigenvalue weighted by molar-refractivity contribution is 6.10. The lowest BCUT2D eigenvalue weighted by Gasteiger charge is -2.10. The summed E-state index contributed by atoms with van der Waals surface area (Å²) in [6, 6.07) is 10.5. The van der Waals surface area contributed by atoms with Crippen LogP contribution in [0.15, 0.2) is 47.1 Å². The number of rotatable bonds is 3. The first-order valence-electron chi connectivity index (χ1n) is 6.55. The molecule has 1 heterocycles. The van der Waals surface area contributed by atoms with E-state index in [0.29, 0.717) is 5.76 Å². The zero-order valence-electron chi connectivity index (χ0n) is 11.7. The molecular weight excluding hydrogens is 284 g/mol. The second-order valence-electron chi connectivity index (χ2n) is 4.80. The predicted octanol–water partition coefficient (Wildman–Crippen LogP) is 3.09. The van der Waals surface area contributed by atoms with Crippen LogP contribution in [0, 0.1) is 6.92 Å². The maximum atomic E-state index is 12.2. The molecule has 0 radical (unpaired) electrons. The molecule has 0 aliphatic rings. The van der Waals surface area contributed by atoms with Crippen molar-refractivity contribution < 1.29 is 19.2 Å². The number of anilines is 1. The molecule has 1 aromatic heterocycles. The van der Waals surface area contributed by atoms with Crippen LogP contribution in [-0.4, -0.2) is 22.1 Å². The van der Waals surface area contributed by atoms with Gasteiger partial charge in [-0.05, 0) is 29.8 Å². The minimum absolute atomic E-state index is 0.0288. The Morgan fingerprint density at radius 3 is 2.41 bits per heavy atom. The maximum absolute atomic E-state index is 12.2. The van der Waals surface area contributed by atoms with Crippen molar-refractivity contribution in [3.63, 3.8) is 0 Å². The van der Waals surface area contributed by atoms with E-state index in [1.165, 1.54) is 12.3 Å². The number of aryl methyl sites for hydroxylation is 1. The Morgan fingerprint density at radius 2 is 1.82 bits per heavy atom. The Balaban J connectivity index is 2.05. The molecular formula is C16H12N2O4. The van der Waals surface area contributed by atoms with Crippen molar-refractivity contribution in [1.82, 2.24) is 5.16 Å². The summed E-state index contributed by atoms with van der Waals surface area (Å²) in [4.78, 5) is 23.6. The second-order valence-corrected chi connectivity index (χ2v) is 4.80. The molecule has 2 N–H and O–H groups in total. The van der Waals surface area contributed by atoms with Crippen molar-refractivity contribution in [3.05, 3.63) is 59.5 Å². The zero-order chi connectivity index (χ0) is 15.7. The van der Waals surface area contributed by atoms with Gasteiger partial charge in [0.2, 0.25) is 0 Å². The van der Waals surface area contributed by atoms with E-state index < -0.39 is 11.9 Å². The van der Waals surface area contributed by atoms with E-state index in [-0.39, 0.29) is 16.8 Å². The van der Waals surface area contributed by atoms with E-state index in [2.05, 4.69) is 10.5 Å². The van der Waals surface area contributed by atoms with Crippen molar-refractivity contribution in [2.75, 3.05) is 5.32 Å². The number of benzene rings is 2. The smallest absolute Gasteiger partial charge is 0.337 e. The maximum Gasteiger partial charge on any atom is 0.337 e. The number of hydrogen-bond acceptors (Lipinski definition) is 4. The summed E-state index contributed by atoms with van der Waals surface area (Å²) in [5.41, 5.74) is 0.530. The van der Waals surface area contributed by atoms with Gasteiger partial charge in [0.15, 0.2) is 0 Å². The molecule has 1 amide bonds. The van der Waals surface area contributed by atoms with Crippen molar-refractivity contribution in [1.29, 1.82) is 0 Å². The van der Waals surface area contributed by atoms with E-state index in [0.717, 1.165) is 10.8 Å². The van der Waals surface area contributed by atoms with Crippen molar-refractivity contribution in [2.45, 2.75) is 6.92 Å². The number of hydrogen-bond donors (Lipinski definition) is 2. The van der Waals surface area contributed by atoms with Crippen LogP contribution in [0.1, 0.15) is 26.5 Å². The lowest BCUT2D eigenvalue weighted by atomic mass is 10.0. The second kappa shape index (κ2) is 5.33. The summed E-state index contributed by atoms with van der Waals surface area (Å²) in [6.07, 6.45) is 1.30. The largest absolute Gasteiger partial charge is 0.478 e. The fourth-order valence-electron chi connectivity index (χ4n) is 2.23. The third-order valence-corrected chi connectivity index (χ3v) is 3.36. The number of fused-ring (bicyclic) bond motifs is 1. The molecule has 3 rings (SSSR count). The van der Waals surface area contributed by atoms with Gasteiger partial charge < -0.3 is 14.9 Å². The van der Waals surface area contributed by atoms with Crippen LogP contribution in [0.2, 0.25) is 0 Å². The summed E-state index contributed by atoms with van der Waals surface area (Å²) in [5.74, 6) is -1.20. The zero-order valence-corrected chi connectivity index (χ0v) is 11.7. The first kappa shape index (κ1) is 13.8. The van der Waals surface area contributed by atoms with Gasteiger partial charge in [0.05, 0.1) is 17.4 Å². The highest BCUT2D eigenvalue weighted by atomic mass is 16.5. The van der Waals surface area contributed by atoms with E-state index >= 15 is 0 Å². The minimum atomic E-state index is -1.11. The van der Waals surface area contributed by atoms with Gasteiger partial charge in [-0.2, -0.15) is 0 Å². The number of aromatic carboxylic acids is 1. The molecule has 0 aliphatic heterocycles. The molecule has 0 saturated carbocycles. The van der Waals surface area contributed by atoms with E-state index in [9.17, 15) is 14.7 Å². The first-order chi connectivity index (χ1) is 10.6. The number of aromatic nitrogens is 1. The topological polar surface area (TPSA) is 92.4 Å². The molecule has 0 saturated heterocycles. The van der Waals surface area contributed by atoms with Crippen LogP contribution >= 0.6 is 0 Å². The number of carboxylic acid groups (broad SMARTS) is 1. The van der Waals surface area contributed by atoms with E-state index in [1.54, 1.807) is 13.0 Å². The minimum Gasteiger partial charge on any atom is -0.478 e. The number of carbonyl (C=O) groups excluding carboxylic acids is 1. The van der Waals surface area contributed by atoms with Crippen LogP contribution in [0.4, 0.5) is 5.69 Å². The van der Waals surface area contributed by atoms with Gasteiger partial charge in [0.1, 0.15) is 11.3 Å². The summed E-state index contributed by atoms with van der Waals surface area (Å²) in [7, 11) is 0. The summed E-state index contributed by atoms with van der Waals surface area (Å²) in [5, 5.41) is 17.1.